The van der Waals surface area contributed by atoms with Crippen LogP contribution in [0.15, 0.2) is 36.5 Å². The number of hydrogen-bond donors (Lipinski definition) is 1. The Kier molecular flexibility index (Phi) is 5.04. The molecule has 0 radical (unpaired) electrons. The van der Waals surface area contributed by atoms with E-state index in [1.54, 1.807) is 13.0 Å². The number of aromatic nitrogens is 1. The van der Waals surface area contributed by atoms with Crippen LogP contribution in [0.5, 0.6) is 0 Å². The van der Waals surface area contributed by atoms with Crippen molar-refractivity contribution in [2.45, 2.75) is 32.2 Å². The van der Waals surface area contributed by atoms with Crippen molar-refractivity contribution < 1.29 is 9.59 Å². The first kappa shape index (κ1) is 17.4. The molecule has 1 aliphatic rings. The molecule has 0 aliphatic carbocycles. The van der Waals surface area contributed by atoms with Crippen molar-refractivity contribution in [1.29, 1.82) is 0 Å². The number of rotatable bonds is 4. The van der Waals surface area contributed by atoms with E-state index >= 15 is 0 Å². The number of primary amides is 1. The normalized spacial score (nSPS) is 16.9. The molecule has 0 bridgehead atoms. The second kappa shape index (κ2) is 7.23. The SMILES string of the molecule is Cc1cc(C(=O)N2CCCC2Cc2ccccc2Cl)ncc1C(N)=O. The molecule has 2 amide bonds. The van der Waals surface area contributed by atoms with Gasteiger partial charge in [0.05, 0.1) is 5.56 Å². The smallest absolute Gasteiger partial charge is 0.272 e. The van der Waals surface area contributed by atoms with E-state index in [1.807, 2.05) is 29.2 Å². The van der Waals surface area contributed by atoms with Gasteiger partial charge in [-0.3, -0.25) is 14.6 Å². The topological polar surface area (TPSA) is 76.3 Å². The highest BCUT2D eigenvalue weighted by Gasteiger charge is 2.30. The number of halogens is 1. The quantitative estimate of drug-likeness (QED) is 0.913. The van der Waals surface area contributed by atoms with Crippen LogP contribution in [0, 0.1) is 6.92 Å². The van der Waals surface area contributed by atoms with Crippen LogP contribution in [0.3, 0.4) is 0 Å². The van der Waals surface area contributed by atoms with E-state index in [1.165, 1.54) is 6.20 Å². The summed E-state index contributed by atoms with van der Waals surface area (Å²) >= 11 is 6.26. The van der Waals surface area contributed by atoms with Gasteiger partial charge in [0.2, 0.25) is 0 Å². The minimum absolute atomic E-state index is 0.102. The molecule has 1 fully saturated rings. The van der Waals surface area contributed by atoms with E-state index < -0.39 is 5.91 Å². The van der Waals surface area contributed by atoms with E-state index in [2.05, 4.69) is 4.98 Å². The number of nitrogens with two attached hydrogens (primary N) is 1. The molecule has 5 nitrogen and oxygen atoms in total. The molecule has 2 N–H and O–H groups in total. The fraction of sp³-hybridized carbons (Fsp3) is 0.316. The standard InChI is InChI=1S/C19H20ClN3O2/c1-12-9-17(22-11-15(12)18(21)24)19(25)23-8-4-6-14(23)10-13-5-2-3-7-16(13)20/h2-3,5,7,9,11,14H,4,6,8,10H2,1H3,(H2,21,24). The first-order valence-electron chi connectivity index (χ1n) is 8.28. The molecule has 2 heterocycles. The minimum atomic E-state index is -0.540. The van der Waals surface area contributed by atoms with Gasteiger partial charge in [-0.25, -0.2) is 0 Å². The first-order chi connectivity index (χ1) is 12.0. The summed E-state index contributed by atoms with van der Waals surface area (Å²) in [5.41, 5.74) is 7.68. The number of aryl methyl sites for hydroxylation is 1. The van der Waals surface area contributed by atoms with Gasteiger partial charge in [-0.05, 0) is 49.4 Å². The molecule has 0 saturated carbocycles. The van der Waals surface area contributed by atoms with Crippen LogP contribution in [-0.4, -0.2) is 34.3 Å². The van der Waals surface area contributed by atoms with E-state index in [0.29, 0.717) is 23.4 Å². The third-order valence-electron chi connectivity index (χ3n) is 4.65. The van der Waals surface area contributed by atoms with Crippen LogP contribution in [0.25, 0.3) is 0 Å². The number of pyridine rings is 1. The van der Waals surface area contributed by atoms with Crippen LogP contribution >= 0.6 is 11.6 Å². The number of amides is 2. The largest absolute Gasteiger partial charge is 0.366 e. The maximum absolute atomic E-state index is 12.9. The average Bonchev–Trinajstić information content (AvgIpc) is 3.04. The summed E-state index contributed by atoms with van der Waals surface area (Å²) < 4.78 is 0. The monoisotopic (exact) mass is 357 g/mol. The zero-order valence-corrected chi connectivity index (χ0v) is 14.8. The van der Waals surface area contributed by atoms with Gasteiger partial charge < -0.3 is 10.6 Å². The minimum Gasteiger partial charge on any atom is -0.366 e. The summed E-state index contributed by atoms with van der Waals surface area (Å²) in [5.74, 6) is -0.657. The maximum Gasteiger partial charge on any atom is 0.272 e. The van der Waals surface area contributed by atoms with Crippen LogP contribution in [0.2, 0.25) is 5.02 Å². The van der Waals surface area contributed by atoms with Crippen molar-refractivity contribution in [2.75, 3.05) is 6.54 Å². The lowest BCUT2D eigenvalue weighted by molar-refractivity contribution is 0.0729. The third-order valence-corrected chi connectivity index (χ3v) is 5.02. The Morgan fingerprint density at radius 2 is 2.12 bits per heavy atom. The number of likely N-dealkylation sites (tertiary alicyclic amines) is 1. The van der Waals surface area contributed by atoms with Crippen LogP contribution in [-0.2, 0) is 6.42 Å². The molecular formula is C19H20ClN3O2. The van der Waals surface area contributed by atoms with Gasteiger partial charge >= 0.3 is 0 Å². The highest BCUT2D eigenvalue weighted by Crippen LogP contribution is 2.26. The first-order valence-corrected chi connectivity index (χ1v) is 8.66. The Labute approximate surface area is 151 Å². The van der Waals surface area contributed by atoms with Crippen molar-refractivity contribution in [1.82, 2.24) is 9.88 Å². The van der Waals surface area contributed by atoms with Gasteiger partial charge in [0.25, 0.3) is 11.8 Å². The number of nitrogens with zero attached hydrogens (tertiary/aromatic N) is 2. The Morgan fingerprint density at radius 1 is 1.36 bits per heavy atom. The van der Waals surface area contributed by atoms with Crippen molar-refractivity contribution in [3.8, 4) is 0 Å². The summed E-state index contributed by atoms with van der Waals surface area (Å²) in [6, 6.07) is 9.45. The Balaban J connectivity index is 1.80. The van der Waals surface area contributed by atoms with E-state index in [9.17, 15) is 9.59 Å². The number of carbonyl (C=O) groups excluding carboxylic acids is 2. The van der Waals surface area contributed by atoms with Gasteiger partial charge in [0.15, 0.2) is 0 Å². The Hall–Kier alpha value is -2.40. The second-order valence-electron chi connectivity index (χ2n) is 6.34. The van der Waals surface area contributed by atoms with Crippen molar-refractivity contribution in [3.63, 3.8) is 0 Å². The molecule has 0 spiro atoms. The molecule has 1 saturated heterocycles. The summed E-state index contributed by atoms with van der Waals surface area (Å²) in [6.45, 7) is 2.45. The highest BCUT2D eigenvalue weighted by atomic mass is 35.5. The molecule has 1 aromatic carbocycles. The fourth-order valence-corrected chi connectivity index (χ4v) is 3.52. The molecular weight excluding hydrogens is 338 g/mol. The molecule has 1 atom stereocenters. The predicted molar refractivity (Wildman–Crippen MR) is 96.7 cm³/mol. The zero-order valence-electron chi connectivity index (χ0n) is 14.0. The van der Waals surface area contributed by atoms with Gasteiger partial charge in [0, 0.05) is 23.8 Å². The molecule has 1 aliphatic heterocycles. The number of carbonyl (C=O) groups is 2. The van der Waals surface area contributed by atoms with Gasteiger partial charge in [-0.1, -0.05) is 29.8 Å². The molecule has 1 aromatic heterocycles. The van der Waals surface area contributed by atoms with E-state index in [4.69, 9.17) is 17.3 Å². The van der Waals surface area contributed by atoms with Crippen LogP contribution in [0.1, 0.15) is 44.8 Å². The molecule has 130 valence electrons. The summed E-state index contributed by atoms with van der Waals surface area (Å²) in [5, 5.41) is 0.724. The Morgan fingerprint density at radius 3 is 2.80 bits per heavy atom. The fourth-order valence-electron chi connectivity index (χ4n) is 3.31. The van der Waals surface area contributed by atoms with Crippen molar-refractivity contribution >= 4 is 23.4 Å². The molecule has 3 rings (SSSR count). The lowest BCUT2D eigenvalue weighted by Gasteiger charge is -2.25. The summed E-state index contributed by atoms with van der Waals surface area (Å²) in [4.78, 5) is 30.2. The van der Waals surface area contributed by atoms with Gasteiger partial charge in [0.1, 0.15) is 5.69 Å². The molecule has 6 heteroatoms. The highest BCUT2D eigenvalue weighted by molar-refractivity contribution is 6.31. The lowest BCUT2D eigenvalue weighted by atomic mass is 10.0. The summed E-state index contributed by atoms with van der Waals surface area (Å²) in [7, 11) is 0. The van der Waals surface area contributed by atoms with Gasteiger partial charge in [-0.15, -0.1) is 0 Å². The average molecular weight is 358 g/mol. The van der Waals surface area contributed by atoms with Crippen LogP contribution in [0.4, 0.5) is 0 Å². The van der Waals surface area contributed by atoms with Crippen LogP contribution < -0.4 is 5.73 Å². The Bertz CT molecular complexity index is 822. The van der Waals surface area contributed by atoms with Crippen molar-refractivity contribution in [2.24, 2.45) is 5.73 Å². The zero-order chi connectivity index (χ0) is 18.0. The maximum atomic E-state index is 12.9. The number of hydrogen-bond acceptors (Lipinski definition) is 3. The van der Waals surface area contributed by atoms with Crippen molar-refractivity contribution in [3.05, 3.63) is 63.9 Å². The lowest BCUT2D eigenvalue weighted by Crippen LogP contribution is -2.37. The second-order valence-corrected chi connectivity index (χ2v) is 6.75. The third kappa shape index (κ3) is 3.66. The molecule has 2 aromatic rings. The van der Waals surface area contributed by atoms with E-state index in [-0.39, 0.29) is 11.9 Å². The molecule has 25 heavy (non-hydrogen) atoms. The summed E-state index contributed by atoms with van der Waals surface area (Å²) in [6.07, 6.45) is 4.00. The van der Waals surface area contributed by atoms with Gasteiger partial charge in [-0.2, -0.15) is 0 Å². The molecule has 1 unspecified atom stereocenters. The number of benzene rings is 1. The van der Waals surface area contributed by atoms with E-state index in [0.717, 1.165) is 29.8 Å². The predicted octanol–water partition coefficient (Wildman–Crippen LogP) is 2.99.